The quantitative estimate of drug-likeness (QED) is 0.315. The van der Waals surface area contributed by atoms with Gasteiger partial charge in [0.25, 0.3) is 5.91 Å². The van der Waals surface area contributed by atoms with Crippen LogP contribution >= 0.6 is 0 Å². The molecule has 9 nitrogen and oxygen atoms in total. The van der Waals surface area contributed by atoms with Gasteiger partial charge in [-0.15, -0.1) is 0 Å². The first-order valence-electron chi connectivity index (χ1n) is 9.46. The maximum atomic E-state index is 12.1. The molecule has 0 spiro atoms. The Hall–Kier alpha value is -4.01. The molecule has 0 saturated carbocycles. The van der Waals surface area contributed by atoms with Gasteiger partial charge in [0.05, 0.1) is 31.8 Å². The zero-order chi connectivity index (χ0) is 22.2. The number of esters is 1. The minimum absolute atomic E-state index is 0.102. The van der Waals surface area contributed by atoms with E-state index < -0.39 is 5.97 Å². The molecule has 1 aromatic carbocycles. The molecule has 0 saturated heterocycles. The molecule has 162 valence electrons. The van der Waals surface area contributed by atoms with Gasteiger partial charge in [-0.3, -0.25) is 4.79 Å². The predicted octanol–water partition coefficient (Wildman–Crippen LogP) is 3.71. The first-order valence-corrected chi connectivity index (χ1v) is 9.46. The summed E-state index contributed by atoms with van der Waals surface area (Å²) in [7, 11) is 1.28. The molecule has 2 heterocycles. The summed E-state index contributed by atoms with van der Waals surface area (Å²) in [5, 5.41) is 3.97. The summed E-state index contributed by atoms with van der Waals surface area (Å²) >= 11 is 0. The van der Waals surface area contributed by atoms with Crippen LogP contribution in [0.3, 0.4) is 0 Å². The molecule has 0 radical (unpaired) electrons. The second kappa shape index (κ2) is 10.1. The van der Waals surface area contributed by atoms with E-state index in [-0.39, 0.29) is 18.3 Å². The number of hydrogen-bond donors (Lipinski definition) is 1. The summed E-state index contributed by atoms with van der Waals surface area (Å²) < 4.78 is 26.5. The average molecular weight is 426 g/mol. The van der Waals surface area contributed by atoms with Crippen LogP contribution in [0.4, 0.5) is 0 Å². The van der Waals surface area contributed by atoms with Gasteiger partial charge >= 0.3 is 5.97 Å². The Morgan fingerprint density at radius 1 is 1.13 bits per heavy atom. The molecule has 3 aromatic rings. The lowest BCUT2D eigenvalue weighted by Gasteiger charge is -2.11. The molecule has 2 aromatic heterocycles. The average Bonchev–Trinajstić information content (AvgIpc) is 3.42. The number of benzene rings is 1. The molecule has 0 aliphatic heterocycles. The first-order chi connectivity index (χ1) is 15.0. The van der Waals surface area contributed by atoms with Crippen LogP contribution in [-0.4, -0.2) is 31.8 Å². The molecule has 0 aliphatic rings. The van der Waals surface area contributed by atoms with Crippen molar-refractivity contribution in [1.29, 1.82) is 0 Å². The second-order valence-corrected chi connectivity index (χ2v) is 6.27. The third-order valence-corrected chi connectivity index (χ3v) is 4.17. The normalized spacial score (nSPS) is 10.8. The van der Waals surface area contributed by atoms with Crippen LogP contribution in [0.5, 0.6) is 11.5 Å². The zero-order valence-electron chi connectivity index (χ0n) is 17.3. The van der Waals surface area contributed by atoms with Gasteiger partial charge in [0.1, 0.15) is 18.1 Å². The number of hydrazone groups is 1. The number of carbonyl (C=O) groups is 2. The molecular weight excluding hydrogens is 404 g/mol. The molecule has 1 amide bonds. The highest BCUT2D eigenvalue weighted by atomic mass is 16.5. The fourth-order valence-corrected chi connectivity index (χ4v) is 2.65. The lowest BCUT2D eigenvalue weighted by Crippen LogP contribution is -2.17. The van der Waals surface area contributed by atoms with Crippen molar-refractivity contribution in [3.05, 3.63) is 71.1 Å². The van der Waals surface area contributed by atoms with Crippen molar-refractivity contribution in [2.24, 2.45) is 5.10 Å². The summed E-state index contributed by atoms with van der Waals surface area (Å²) in [4.78, 5) is 23.5. The molecule has 0 unspecified atom stereocenters. The number of furan rings is 2. The van der Waals surface area contributed by atoms with Crippen molar-refractivity contribution < 1.29 is 32.6 Å². The van der Waals surface area contributed by atoms with Gasteiger partial charge in [-0.05, 0) is 55.8 Å². The van der Waals surface area contributed by atoms with Crippen LogP contribution in [0.15, 0.2) is 56.6 Å². The number of aryl methyl sites for hydroxylation is 1. The fraction of sp³-hybridized carbons (Fsp3) is 0.227. The number of methoxy groups -OCH3 is 1. The first kappa shape index (κ1) is 21.7. The maximum Gasteiger partial charge on any atom is 0.373 e. The van der Waals surface area contributed by atoms with Crippen LogP contribution in [0.25, 0.3) is 0 Å². The third kappa shape index (κ3) is 5.53. The summed E-state index contributed by atoms with van der Waals surface area (Å²) in [6.07, 6.45) is 2.94. The van der Waals surface area contributed by atoms with E-state index in [0.717, 1.165) is 0 Å². The van der Waals surface area contributed by atoms with Crippen molar-refractivity contribution in [2.75, 3.05) is 13.7 Å². The summed E-state index contributed by atoms with van der Waals surface area (Å²) in [6.45, 7) is 4.09. The Morgan fingerprint density at radius 3 is 2.68 bits per heavy atom. The highest BCUT2D eigenvalue weighted by Crippen LogP contribution is 2.29. The number of nitrogens with zero attached hydrogens (tertiary/aromatic N) is 1. The molecule has 3 rings (SSSR count). The molecule has 0 fully saturated rings. The van der Waals surface area contributed by atoms with Crippen LogP contribution in [0, 0.1) is 6.92 Å². The molecule has 0 atom stereocenters. The van der Waals surface area contributed by atoms with E-state index in [1.807, 2.05) is 6.92 Å². The Labute approximate surface area is 178 Å². The van der Waals surface area contributed by atoms with Crippen molar-refractivity contribution in [3.8, 4) is 11.5 Å². The van der Waals surface area contributed by atoms with E-state index in [1.165, 1.54) is 25.7 Å². The van der Waals surface area contributed by atoms with Gasteiger partial charge in [0.2, 0.25) is 5.76 Å². The van der Waals surface area contributed by atoms with E-state index in [2.05, 4.69) is 15.3 Å². The van der Waals surface area contributed by atoms with Gasteiger partial charge < -0.3 is 23.0 Å². The number of amides is 1. The Balaban J connectivity index is 1.64. The minimum Gasteiger partial charge on any atom is -0.490 e. The highest BCUT2D eigenvalue weighted by molar-refractivity contribution is 5.95. The van der Waals surface area contributed by atoms with Crippen molar-refractivity contribution in [1.82, 2.24) is 5.43 Å². The van der Waals surface area contributed by atoms with Gasteiger partial charge in [0.15, 0.2) is 11.5 Å². The van der Waals surface area contributed by atoms with E-state index in [9.17, 15) is 9.59 Å². The van der Waals surface area contributed by atoms with Crippen LogP contribution < -0.4 is 14.9 Å². The largest absolute Gasteiger partial charge is 0.490 e. The Morgan fingerprint density at radius 2 is 1.97 bits per heavy atom. The van der Waals surface area contributed by atoms with Gasteiger partial charge in [0, 0.05) is 0 Å². The summed E-state index contributed by atoms with van der Waals surface area (Å²) in [5.41, 5.74) is 3.57. The summed E-state index contributed by atoms with van der Waals surface area (Å²) in [5.74, 6) is 1.16. The number of carbonyl (C=O) groups excluding carboxylic acids is 2. The second-order valence-electron chi connectivity index (χ2n) is 6.27. The fourth-order valence-electron chi connectivity index (χ4n) is 2.65. The monoisotopic (exact) mass is 426 g/mol. The lowest BCUT2D eigenvalue weighted by molar-refractivity contribution is 0.0560. The number of hydrogen-bond acceptors (Lipinski definition) is 8. The number of nitrogens with one attached hydrogen (secondary N) is 1. The van der Waals surface area contributed by atoms with Crippen molar-refractivity contribution in [2.45, 2.75) is 20.5 Å². The Bertz CT molecular complexity index is 1080. The standard InChI is InChI=1S/C22H22N2O7/c1-4-28-20-11-15(12-23-24-21(25)17-9-10-29-14(17)2)5-7-18(20)30-13-16-6-8-19(31-16)22(26)27-3/h5-12H,4,13H2,1-3H3,(H,24,25)/b23-12+. The number of rotatable bonds is 9. The van der Waals surface area contributed by atoms with Gasteiger partial charge in [-0.25, -0.2) is 10.2 Å². The SMILES string of the molecule is CCOc1cc(/C=N/NC(=O)c2ccoc2C)ccc1OCc1ccc(C(=O)OC)o1. The topological polar surface area (TPSA) is 112 Å². The van der Waals surface area contributed by atoms with Crippen LogP contribution in [0.1, 0.15) is 44.9 Å². The lowest BCUT2D eigenvalue weighted by atomic mass is 10.2. The van der Waals surface area contributed by atoms with Crippen molar-refractivity contribution >= 4 is 18.1 Å². The molecule has 0 aliphatic carbocycles. The van der Waals surface area contributed by atoms with Crippen LogP contribution in [-0.2, 0) is 11.3 Å². The molecule has 1 N–H and O–H groups in total. The van der Waals surface area contributed by atoms with Crippen LogP contribution in [0.2, 0.25) is 0 Å². The van der Waals surface area contributed by atoms with Crippen molar-refractivity contribution in [3.63, 3.8) is 0 Å². The Kier molecular flexibility index (Phi) is 7.10. The van der Waals surface area contributed by atoms with Gasteiger partial charge in [-0.1, -0.05) is 0 Å². The molecule has 31 heavy (non-hydrogen) atoms. The van der Waals surface area contributed by atoms with E-state index in [1.54, 1.807) is 37.3 Å². The highest BCUT2D eigenvalue weighted by Gasteiger charge is 2.13. The minimum atomic E-state index is -0.556. The third-order valence-electron chi connectivity index (χ3n) is 4.17. The van der Waals surface area contributed by atoms with E-state index in [0.29, 0.717) is 40.8 Å². The molecule has 9 heteroatoms. The molecular formula is C22H22N2O7. The maximum absolute atomic E-state index is 12.1. The van der Waals surface area contributed by atoms with E-state index >= 15 is 0 Å². The predicted molar refractivity (Wildman–Crippen MR) is 110 cm³/mol. The van der Waals surface area contributed by atoms with Gasteiger partial charge in [-0.2, -0.15) is 5.10 Å². The summed E-state index contributed by atoms with van der Waals surface area (Å²) in [6, 6.07) is 9.95. The van der Waals surface area contributed by atoms with E-state index in [4.69, 9.17) is 18.3 Å². The zero-order valence-corrected chi connectivity index (χ0v) is 17.3. The molecule has 0 bridgehead atoms. The number of ether oxygens (including phenoxy) is 3. The smallest absolute Gasteiger partial charge is 0.373 e.